The van der Waals surface area contributed by atoms with Crippen LogP contribution in [-0.2, 0) is 10.8 Å². The Morgan fingerprint density at radius 3 is 3.07 bits per heavy atom. The maximum atomic E-state index is 11.1. The lowest BCUT2D eigenvalue weighted by atomic mass is 10.4. The number of nitrogen functional groups attached to an aromatic ring is 1. The third-order valence-electron chi connectivity index (χ3n) is 1.81. The van der Waals surface area contributed by atoms with E-state index in [-0.39, 0.29) is 0 Å². The van der Waals surface area contributed by atoms with Gasteiger partial charge in [0.2, 0.25) is 0 Å². The van der Waals surface area contributed by atoms with Crippen molar-refractivity contribution in [1.82, 2.24) is 4.98 Å². The van der Waals surface area contributed by atoms with E-state index in [1.54, 1.807) is 6.20 Å². The quantitative estimate of drug-likeness (QED) is 0.760. The van der Waals surface area contributed by atoms with Gasteiger partial charge in [0, 0.05) is 35.0 Å². The average molecular weight is 213 g/mol. The van der Waals surface area contributed by atoms with Crippen molar-refractivity contribution in [1.29, 1.82) is 0 Å². The van der Waals surface area contributed by atoms with E-state index >= 15 is 0 Å². The lowest BCUT2D eigenvalue weighted by Gasteiger charge is -2.06. The third-order valence-corrected chi connectivity index (χ3v) is 3.11. The van der Waals surface area contributed by atoms with Gasteiger partial charge < -0.3 is 11.1 Å². The summed E-state index contributed by atoms with van der Waals surface area (Å²) in [6.07, 6.45) is 1.64. The van der Waals surface area contributed by atoms with Crippen molar-refractivity contribution in [2.24, 2.45) is 0 Å². The highest BCUT2D eigenvalue weighted by Gasteiger charge is 1.99. The standard InChI is InChI=1S/C9H15N3OS/c1-2-14(13)7-6-11-8-4-3-5-12-9(8)10/h3-5,11H,2,6-7H2,1H3,(H2,10,12). The lowest BCUT2D eigenvalue weighted by Crippen LogP contribution is -2.13. The highest BCUT2D eigenvalue weighted by Crippen LogP contribution is 2.12. The van der Waals surface area contributed by atoms with Gasteiger partial charge in [-0.05, 0) is 12.1 Å². The Hall–Kier alpha value is -1.10. The molecule has 14 heavy (non-hydrogen) atoms. The highest BCUT2D eigenvalue weighted by atomic mass is 32.2. The molecule has 5 heteroatoms. The van der Waals surface area contributed by atoms with Crippen LogP contribution in [0.15, 0.2) is 18.3 Å². The molecule has 0 aliphatic heterocycles. The van der Waals surface area contributed by atoms with Gasteiger partial charge in [-0.1, -0.05) is 6.92 Å². The van der Waals surface area contributed by atoms with Crippen molar-refractivity contribution in [2.45, 2.75) is 6.92 Å². The maximum absolute atomic E-state index is 11.1. The van der Waals surface area contributed by atoms with Crippen molar-refractivity contribution >= 4 is 22.3 Å². The summed E-state index contributed by atoms with van der Waals surface area (Å²) in [5.74, 6) is 1.82. The maximum Gasteiger partial charge on any atom is 0.146 e. The molecule has 0 amide bonds. The molecule has 0 aliphatic rings. The second-order valence-corrected chi connectivity index (χ2v) is 4.66. The van der Waals surface area contributed by atoms with Gasteiger partial charge in [-0.2, -0.15) is 0 Å². The number of rotatable bonds is 5. The molecule has 0 bridgehead atoms. The molecular formula is C9H15N3OS. The van der Waals surface area contributed by atoms with E-state index in [0.717, 1.165) is 5.69 Å². The van der Waals surface area contributed by atoms with Crippen molar-refractivity contribution in [3.8, 4) is 0 Å². The molecule has 0 aromatic carbocycles. The van der Waals surface area contributed by atoms with Gasteiger partial charge in [-0.15, -0.1) is 0 Å². The van der Waals surface area contributed by atoms with E-state index in [4.69, 9.17) is 5.73 Å². The van der Waals surface area contributed by atoms with Crippen LogP contribution in [0.4, 0.5) is 11.5 Å². The zero-order valence-electron chi connectivity index (χ0n) is 8.19. The summed E-state index contributed by atoms with van der Waals surface area (Å²) >= 11 is 0. The Balaban J connectivity index is 2.39. The van der Waals surface area contributed by atoms with Gasteiger partial charge in [0.1, 0.15) is 5.82 Å². The molecule has 1 rings (SSSR count). The monoisotopic (exact) mass is 213 g/mol. The zero-order valence-corrected chi connectivity index (χ0v) is 9.01. The van der Waals surface area contributed by atoms with Gasteiger partial charge in [-0.3, -0.25) is 4.21 Å². The van der Waals surface area contributed by atoms with Gasteiger partial charge >= 0.3 is 0 Å². The van der Waals surface area contributed by atoms with Crippen molar-refractivity contribution in [2.75, 3.05) is 29.1 Å². The van der Waals surface area contributed by atoms with Crippen molar-refractivity contribution < 1.29 is 4.21 Å². The molecule has 3 N–H and O–H groups in total. The predicted molar refractivity (Wildman–Crippen MR) is 60.7 cm³/mol. The molecule has 1 heterocycles. The normalized spacial score (nSPS) is 12.4. The summed E-state index contributed by atoms with van der Waals surface area (Å²) in [5.41, 5.74) is 6.43. The first-order valence-corrected chi connectivity index (χ1v) is 6.02. The fraction of sp³-hybridized carbons (Fsp3) is 0.444. The van der Waals surface area contributed by atoms with E-state index < -0.39 is 10.8 Å². The molecule has 1 aromatic heterocycles. The summed E-state index contributed by atoms with van der Waals surface area (Å²) in [4.78, 5) is 3.94. The summed E-state index contributed by atoms with van der Waals surface area (Å²) in [7, 11) is -0.731. The Bertz CT molecular complexity index is 317. The van der Waals surface area contributed by atoms with Gasteiger partial charge in [-0.25, -0.2) is 4.98 Å². The molecule has 1 atom stereocenters. The Kier molecular flexibility index (Phi) is 4.39. The van der Waals surface area contributed by atoms with Gasteiger partial charge in [0.15, 0.2) is 0 Å². The number of nitrogens with zero attached hydrogens (tertiary/aromatic N) is 1. The molecule has 1 unspecified atom stereocenters. The molecule has 0 aliphatic carbocycles. The van der Waals surface area contributed by atoms with E-state index in [0.29, 0.717) is 23.9 Å². The molecule has 0 spiro atoms. The fourth-order valence-corrected chi connectivity index (χ4v) is 1.63. The minimum atomic E-state index is -0.731. The second-order valence-electron chi connectivity index (χ2n) is 2.80. The Morgan fingerprint density at radius 2 is 2.43 bits per heavy atom. The predicted octanol–water partition coefficient (Wildman–Crippen LogP) is 0.844. The van der Waals surface area contributed by atoms with E-state index in [1.807, 2.05) is 19.1 Å². The number of pyridine rings is 1. The van der Waals surface area contributed by atoms with E-state index in [2.05, 4.69) is 10.3 Å². The van der Waals surface area contributed by atoms with Crippen LogP contribution < -0.4 is 11.1 Å². The Labute approximate surface area is 86.4 Å². The minimum absolute atomic E-state index is 0.481. The largest absolute Gasteiger partial charge is 0.382 e. The van der Waals surface area contributed by atoms with Crippen LogP contribution in [0, 0.1) is 0 Å². The van der Waals surface area contributed by atoms with Crippen LogP contribution in [0.1, 0.15) is 6.92 Å². The number of hydrogen-bond donors (Lipinski definition) is 2. The van der Waals surface area contributed by atoms with E-state index in [9.17, 15) is 4.21 Å². The molecule has 0 saturated carbocycles. The number of anilines is 2. The molecular weight excluding hydrogens is 198 g/mol. The van der Waals surface area contributed by atoms with Gasteiger partial charge in [0.25, 0.3) is 0 Å². The molecule has 1 aromatic rings. The lowest BCUT2D eigenvalue weighted by molar-refractivity contribution is 0.684. The highest BCUT2D eigenvalue weighted by molar-refractivity contribution is 7.84. The first kappa shape index (κ1) is 11.0. The first-order chi connectivity index (χ1) is 6.74. The summed E-state index contributed by atoms with van der Waals surface area (Å²) in [5, 5.41) is 3.10. The summed E-state index contributed by atoms with van der Waals surface area (Å²) < 4.78 is 11.1. The average Bonchev–Trinajstić information content (AvgIpc) is 2.20. The number of nitrogens with two attached hydrogens (primary N) is 1. The molecule has 0 radical (unpaired) electrons. The summed E-state index contributed by atoms with van der Waals surface area (Å²) in [6, 6.07) is 3.67. The number of aromatic nitrogens is 1. The van der Waals surface area contributed by atoms with Crippen LogP contribution in [0.2, 0.25) is 0 Å². The van der Waals surface area contributed by atoms with Gasteiger partial charge in [0.05, 0.1) is 5.69 Å². The Morgan fingerprint density at radius 1 is 1.64 bits per heavy atom. The number of hydrogen-bond acceptors (Lipinski definition) is 4. The van der Waals surface area contributed by atoms with Crippen LogP contribution in [-0.4, -0.2) is 27.2 Å². The molecule has 78 valence electrons. The number of nitrogens with one attached hydrogen (secondary N) is 1. The first-order valence-electron chi connectivity index (χ1n) is 4.53. The van der Waals surface area contributed by atoms with E-state index in [1.165, 1.54) is 0 Å². The fourth-order valence-electron chi connectivity index (χ4n) is 1.01. The SMILES string of the molecule is CCS(=O)CCNc1cccnc1N. The third kappa shape index (κ3) is 3.33. The second kappa shape index (κ2) is 5.59. The molecule has 4 nitrogen and oxygen atoms in total. The molecule has 0 saturated heterocycles. The van der Waals surface area contributed by atoms with Crippen LogP contribution >= 0.6 is 0 Å². The van der Waals surface area contributed by atoms with Crippen LogP contribution in [0.25, 0.3) is 0 Å². The van der Waals surface area contributed by atoms with Crippen LogP contribution in [0.3, 0.4) is 0 Å². The smallest absolute Gasteiger partial charge is 0.146 e. The van der Waals surface area contributed by atoms with Crippen molar-refractivity contribution in [3.63, 3.8) is 0 Å². The van der Waals surface area contributed by atoms with Crippen molar-refractivity contribution in [3.05, 3.63) is 18.3 Å². The summed E-state index contributed by atoms with van der Waals surface area (Å²) in [6.45, 7) is 2.57. The minimum Gasteiger partial charge on any atom is -0.382 e. The zero-order chi connectivity index (χ0) is 10.4. The topological polar surface area (TPSA) is 68.0 Å². The molecule has 0 fully saturated rings. The van der Waals surface area contributed by atoms with Crippen LogP contribution in [0.5, 0.6) is 0 Å².